The molecule has 94 valence electrons. The first-order chi connectivity index (χ1) is 7.28. The minimum absolute atomic E-state index is 0.0426. The van der Waals surface area contributed by atoms with E-state index in [4.69, 9.17) is 4.74 Å². The molecule has 0 saturated heterocycles. The predicted octanol–water partition coefficient (Wildman–Crippen LogP) is 2.06. The first kappa shape index (κ1) is 13.3. The van der Waals surface area contributed by atoms with Crippen LogP contribution in [0.25, 0.3) is 0 Å². The number of aliphatic hydroxyl groups is 1. The summed E-state index contributed by atoms with van der Waals surface area (Å²) in [5, 5.41) is 12.5. The van der Waals surface area contributed by atoms with Gasteiger partial charge in [-0.1, -0.05) is 6.92 Å². The molecule has 1 rings (SSSR count). The highest BCUT2D eigenvalue weighted by Crippen LogP contribution is 2.24. The zero-order chi connectivity index (χ0) is 12.3. The average Bonchev–Trinajstić information content (AvgIpc) is 2.08. The summed E-state index contributed by atoms with van der Waals surface area (Å²) >= 11 is 0. The molecule has 2 N–H and O–H groups in total. The Labute approximate surface area is 97.4 Å². The lowest BCUT2D eigenvalue weighted by molar-refractivity contribution is 0.0370. The van der Waals surface area contributed by atoms with Crippen LogP contribution in [-0.2, 0) is 4.74 Å². The number of carbonyl (C=O) groups is 1. The molecule has 0 aliphatic heterocycles. The maximum Gasteiger partial charge on any atom is 0.407 e. The smallest absolute Gasteiger partial charge is 0.407 e. The van der Waals surface area contributed by atoms with Gasteiger partial charge in [-0.25, -0.2) is 4.79 Å². The molecule has 16 heavy (non-hydrogen) atoms. The number of ether oxygens (including phenoxy) is 1. The summed E-state index contributed by atoms with van der Waals surface area (Å²) in [6.45, 7) is 7.55. The summed E-state index contributed by atoms with van der Waals surface area (Å²) in [4.78, 5) is 11.5. The van der Waals surface area contributed by atoms with Gasteiger partial charge in [-0.3, -0.25) is 0 Å². The van der Waals surface area contributed by atoms with Crippen molar-refractivity contribution >= 4 is 6.09 Å². The molecule has 0 radical (unpaired) electrons. The van der Waals surface area contributed by atoms with Crippen molar-refractivity contribution in [3.8, 4) is 0 Å². The Morgan fingerprint density at radius 3 is 2.50 bits per heavy atom. The second kappa shape index (κ2) is 5.04. The van der Waals surface area contributed by atoms with Crippen LogP contribution in [0.1, 0.15) is 47.0 Å². The van der Waals surface area contributed by atoms with E-state index in [0.29, 0.717) is 12.3 Å². The van der Waals surface area contributed by atoms with E-state index in [-0.39, 0.29) is 18.2 Å². The van der Waals surface area contributed by atoms with Crippen molar-refractivity contribution in [2.24, 2.45) is 5.92 Å². The molecule has 1 aliphatic rings. The van der Waals surface area contributed by atoms with Gasteiger partial charge in [0.05, 0.1) is 6.10 Å². The van der Waals surface area contributed by atoms with Crippen molar-refractivity contribution in [1.29, 1.82) is 0 Å². The number of alkyl carbamates (subject to hydrolysis) is 1. The van der Waals surface area contributed by atoms with Crippen LogP contribution in [0.15, 0.2) is 0 Å². The first-order valence-corrected chi connectivity index (χ1v) is 5.95. The SMILES string of the molecule is C[C@@H]1CC[C@@H](NC(=O)OC(C)(C)C)C[C@@H]1O. The number of nitrogens with one attached hydrogen (secondary N) is 1. The number of amides is 1. The maximum atomic E-state index is 11.5. The summed E-state index contributed by atoms with van der Waals surface area (Å²) in [6, 6.07) is 0.0426. The van der Waals surface area contributed by atoms with Gasteiger partial charge in [0.25, 0.3) is 0 Å². The quantitative estimate of drug-likeness (QED) is 0.723. The van der Waals surface area contributed by atoms with E-state index in [9.17, 15) is 9.90 Å². The lowest BCUT2D eigenvalue weighted by Crippen LogP contribution is -2.44. The number of carbonyl (C=O) groups excluding carboxylic acids is 1. The highest BCUT2D eigenvalue weighted by Gasteiger charge is 2.28. The maximum absolute atomic E-state index is 11.5. The van der Waals surface area contributed by atoms with E-state index in [0.717, 1.165) is 12.8 Å². The van der Waals surface area contributed by atoms with Crippen LogP contribution < -0.4 is 5.32 Å². The van der Waals surface area contributed by atoms with Gasteiger partial charge >= 0.3 is 6.09 Å². The van der Waals surface area contributed by atoms with Gasteiger partial charge in [0.2, 0.25) is 0 Å². The summed E-state index contributed by atoms with van der Waals surface area (Å²) in [5.41, 5.74) is -0.468. The van der Waals surface area contributed by atoms with Gasteiger partial charge in [-0.15, -0.1) is 0 Å². The van der Waals surface area contributed by atoms with E-state index in [1.165, 1.54) is 0 Å². The molecule has 0 spiro atoms. The van der Waals surface area contributed by atoms with Crippen LogP contribution in [0.3, 0.4) is 0 Å². The van der Waals surface area contributed by atoms with Gasteiger partial charge in [0.1, 0.15) is 5.60 Å². The minimum Gasteiger partial charge on any atom is -0.444 e. The number of hydrogen-bond acceptors (Lipinski definition) is 3. The summed E-state index contributed by atoms with van der Waals surface area (Å²) in [5.74, 6) is 0.330. The Bertz CT molecular complexity index is 247. The molecule has 0 heterocycles. The third-order valence-electron chi connectivity index (χ3n) is 2.87. The van der Waals surface area contributed by atoms with Crippen LogP contribution in [0.2, 0.25) is 0 Å². The van der Waals surface area contributed by atoms with Crippen LogP contribution in [0, 0.1) is 5.92 Å². The molecule has 4 heteroatoms. The Morgan fingerprint density at radius 2 is 2.00 bits per heavy atom. The summed E-state index contributed by atoms with van der Waals surface area (Å²) in [7, 11) is 0. The number of aliphatic hydroxyl groups excluding tert-OH is 1. The lowest BCUT2D eigenvalue weighted by Gasteiger charge is -2.32. The fourth-order valence-corrected chi connectivity index (χ4v) is 1.90. The normalized spacial score (nSPS) is 30.9. The zero-order valence-electron chi connectivity index (χ0n) is 10.6. The Balaban J connectivity index is 2.35. The van der Waals surface area contributed by atoms with Crippen molar-refractivity contribution in [3.05, 3.63) is 0 Å². The molecule has 0 aromatic carbocycles. The van der Waals surface area contributed by atoms with E-state index >= 15 is 0 Å². The topological polar surface area (TPSA) is 58.6 Å². The van der Waals surface area contributed by atoms with Crippen LogP contribution in [-0.4, -0.2) is 28.9 Å². The predicted molar refractivity (Wildman–Crippen MR) is 62.2 cm³/mol. The molecule has 1 saturated carbocycles. The fourth-order valence-electron chi connectivity index (χ4n) is 1.90. The molecule has 0 aromatic rings. The number of rotatable bonds is 1. The van der Waals surface area contributed by atoms with Gasteiger partial charge in [-0.05, 0) is 46.0 Å². The van der Waals surface area contributed by atoms with Crippen molar-refractivity contribution in [2.75, 3.05) is 0 Å². The van der Waals surface area contributed by atoms with Crippen LogP contribution in [0.4, 0.5) is 4.79 Å². The molecule has 4 nitrogen and oxygen atoms in total. The molecular formula is C12H23NO3. The first-order valence-electron chi connectivity index (χ1n) is 5.95. The summed E-state index contributed by atoms with van der Waals surface area (Å²) < 4.78 is 5.17. The largest absolute Gasteiger partial charge is 0.444 e. The van der Waals surface area contributed by atoms with Gasteiger partial charge in [-0.2, -0.15) is 0 Å². The highest BCUT2D eigenvalue weighted by atomic mass is 16.6. The van der Waals surface area contributed by atoms with E-state index in [1.54, 1.807) is 0 Å². The molecule has 3 atom stereocenters. The van der Waals surface area contributed by atoms with E-state index < -0.39 is 5.60 Å². The zero-order valence-corrected chi connectivity index (χ0v) is 10.6. The second-order valence-corrected chi connectivity index (χ2v) is 5.70. The monoisotopic (exact) mass is 229 g/mol. The minimum atomic E-state index is -0.468. The Morgan fingerprint density at radius 1 is 1.38 bits per heavy atom. The Kier molecular flexibility index (Phi) is 4.19. The van der Waals surface area contributed by atoms with Gasteiger partial charge < -0.3 is 15.2 Å². The standard InChI is InChI=1S/C12H23NO3/c1-8-5-6-9(7-10(8)14)13-11(15)16-12(2,3)4/h8-10,14H,5-7H2,1-4H3,(H,13,15)/t8-,9-,10+/m1/s1. The van der Waals surface area contributed by atoms with E-state index in [2.05, 4.69) is 5.32 Å². The number of hydrogen-bond donors (Lipinski definition) is 2. The molecule has 0 aromatic heterocycles. The fraction of sp³-hybridized carbons (Fsp3) is 0.917. The molecule has 0 bridgehead atoms. The van der Waals surface area contributed by atoms with Crippen molar-refractivity contribution in [3.63, 3.8) is 0 Å². The van der Waals surface area contributed by atoms with Crippen LogP contribution >= 0.6 is 0 Å². The third-order valence-corrected chi connectivity index (χ3v) is 2.87. The molecular weight excluding hydrogens is 206 g/mol. The van der Waals surface area contributed by atoms with Crippen LogP contribution in [0.5, 0.6) is 0 Å². The summed E-state index contributed by atoms with van der Waals surface area (Å²) in [6.07, 6.45) is 1.78. The second-order valence-electron chi connectivity index (χ2n) is 5.70. The molecule has 1 amide bonds. The lowest BCUT2D eigenvalue weighted by atomic mass is 9.85. The molecule has 1 fully saturated rings. The Hall–Kier alpha value is -0.770. The van der Waals surface area contributed by atoms with Gasteiger partial charge in [0.15, 0.2) is 0 Å². The van der Waals surface area contributed by atoms with Gasteiger partial charge in [0, 0.05) is 6.04 Å². The average molecular weight is 229 g/mol. The molecule has 1 aliphatic carbocycles. The third kappa shape index (κ3) is 4.39. The van der Waals surface area contributed by atoms with E-state index in [1.807, 2.05) is 27.7 Å². The van der Waals surface area contributed by atoms with Crippen molar-refractivity contribution in [1.82, 2.24) is 5.32 Å². The highest BCUT2D eigenvalue weighted by molar-refractivity contribution is 5.68. The van der Waals surface area contributed by atoms with Crippen molar-refractivity contribution in [2.45, 2.75) is 64.7 Å². The molecule has 0 unspecified atom stereocenters. The van der Waals surface area contributed by atoms with Crippen molar-refractivity contribution < 1.29 is 14.6 Å².